The summed E-state index contributed by atoms with van der Waals surface area (Å²) in [5, 5.41) is 10.6. The molecule has 0 radical (unpaired) electrons. The summed E-state index contributed by atoms with van der Waals surface area (Å²) in [4.78, 5) is 0. The van der Waals surface area contributed by atoms with E-state index in [9.17, 15) is 0 Å². The summed E-state index contributed by atoms with van der Waals surface area (Å²) >= 11 is 7.67. The maximum atomic E-state index is 5.97. The van der Waals surface area contributed by atoms with Crippen molar-refractivity contribution in [2.75, 3.05) is 5.73 Å². The van der Waals surface area contributed by atoms with Crippen molar-refractivity contribution in [2.45, 2.75) is 43.6 Å². The van der Waals surface area contributed by atoms with Crippen LogP contribution in [0.25, 0.3) is 0 Å². The largest absolute Gasteiger partial charge is 0.399 e. The van der Waals surface area contributed by atoms with Crippen molar-refractivity contribution in [1.82, 2.24) is 14.8 Å². The zero-order valence-electron chi connectivity index (χ0n) is 14.9. The second-order valence-corrected chi connectivity index (χ2v) is 7.62. The predicted octanol–water partition coefficient (Wildman–Crippen LogP) is 5.20. The lowest BCUT2D eigenvalue weighted by Crippen LogP contribution is -2.07. The predicted molar refractivity (Wildman–Crippen MR) is 110 cm³/mol. The van der Waals surface area contributed by atoms with E-state index in [1.165, 1.54) is 11.1 Å². The highest BCUT2D eigenvalue weighted by atomic mass is 35.5. The van der Waals surface area contributed by atoms with Crippen LogP contribution < -0.4 is 5.73 Å². The van der Waals surface area contributed by atoms with Gasteiger partial charge in [0.1, 0.15) is 5.82 Å². The van der Waals surface area contributed by atoms with Gasteiger partial charge in [-0.05, 0) is 41.8 Å². The lowest BCUT2D eigenvalue weighted by Gasteiger charge is -2.11. The lowest BCUT2D eigenvalue weighted by atomic mass is 10.2. The van der Waals surface area contributed by atoms with Crippen LogP contribution in [0.3, 0.4) is 0 Å². The average molecular weight is 387 g/mol. The molecule has 0 saturated heterocycles. The molecule has 26 heavy (non-hydrogen) atoms. The van der Waals surface area contributed by atoms with Gasteiger partial charge in [-0.1, -0.05) is 61.0 Å². The number of anilines is 1. The molecule has 0 aliphatic rings. The minimum absolute atomic E-state index is 0.757. The van der Waals surface area contributed by atoms with Crippen LogP contribution in [-0.2, 0) is 18.7 Å². The quantitative estimate of drug-likeness (QED) is 0.427. The fraction of sp³-hybridized carbons (Fsp3) is 0.300. The number of hydrogen-bond acceptors (Lipinski definition) is 4. The van der Waals surface area contributed by atoms with E-state index in [0.29, 0.717) is 0 Å². The fourth-order valence-corrected chi connectivity index (χ4v) is 3.68. The van der Waals surface area contributed by atoms with Crippen LogP contribution in [0.1, 0.15) is 36.7 Å². The van der Waals surface area contributed by atoms with Crippen LogP contribution in [0.5, 0.6) is 0 Å². The molecular formula is C20H23ClN4S. The minimum Gasteiger partial charge on any atom is -0.399 e. The van der Waals surface area contributed by atoms with E-state index in [0.717, 1.165) is 53.3 Å². The first-order chi connectivity index (χ1) is 12.7. The topological polar surface area (TPSA) is 56.7 Å². The molecule has 4 nitrogen and oxygen atoms in total. The van der Waals surface area contributed by atoms with E-state index in [1.807, 2.05) is 36.4 Å². The number of nitrogens with zero attached hydrogens (tertiary/aromatic N) is 3. The highest BCUT2D eigenvalue weighted by molar-refractivity contribution is 7.98. The van der Waals surface area contributed by atoms with Gasteiger partial charge in [0.15, 0.2) is 5.16 Å². The van der Waals surface area contributed by atoms with Gasteiger partial charge in [-0.3, -0.25) is 0 Å². The summed E-state index contributed by atoms with van der Waals surface area (Å²) in [6.45, 7) is 2.95. The Morgan fingerprint density at radius 3 is 2.38 bits per heavy atom. The second-order valence-electron chi connectivity index (χ2n) is 6.25. The van der Waals surface area contributed by atoms with Crippen molar-refractivity contribution in [3.05, 3.63) is 70.5 Å². The van der Waals surface area contributed by atoms with E-state index in [4.69, 9.17) is 17.3 Å². The third-order valence-corrected chi connectivity index (χ3v) is 5.44. The number of benzene rings is 2. The summed E-state index contributed by atoms with van der Waals surface area (Å²) in [6, 6.07) is 15.9. The van der Waals surface area contributed by atoms with Crippen LogP contribution >= 0.6 is 23.4 Å². The van der Waals surface area contributed by atoms with Gasteiger partial charge >= 0.3 is 0 Å². The van der Waals surface area contributed by atoms with Crippen LogP contribution in [-0.4, -0.2) is 14.8 Å². The molecule has 0 aliphatic carbocycles. The molecule has 136 valence electrons. The van der Waals surface area contributed by atoms with Gasteiger partial charge in [-0.15, -0.1) is 10.2 Å². The number of hydrogen-bond donors (Lipinski definition) is 1. The Hall–Kier alpha value is -1.98. The van der Waals surface area contributed by atoms with E-state index in [1.54, 1.807) is 11.8 Å². The summed E-state index contributed by atoms with van der Waals surface area (Å²) in [5.41, 5.74) is 9.00. The van der Waals surface area contributed by atoms with Gasteiger partial charge in [0.2, 0.25) is 0 Å². The van der Waals surface area contributed by atoms with E-state index >= 15 is 0 Å². The van der Waals surface area contributed by atoms with Crippen LogP contribution in [0.2, 0.25) is 5.02 Å². The molecule has 0 unspecified atom stereocenters. The van der Waals surface area contributed by atoms with Gasteiger partial charge < -0.3 is 10.3 Å². The van der Waals surface area contributed by atoms with Crippen LogP contribution in [0, 0.1) is 0 Å². The van der Waals surface area contributed by atoms with Gasteiger partial charge in [0.05, 0.1) is 6.54 Å². The molecule has 0 fully saturated rings. The summed E-state index contributed by atoms with van der Waals surface area (Å²) in [7, 11) is 0. The minimum atomic E-state index is 0.757. The maximum Gasteiger partial charge on any atom is 0.191 e. The van der Waals surface area contributed by atoms with E-state index in [2.05, 4.69) is 33.8 Å². The van der Waals surface area contributed by atoms with Crippen molar-refractivity contribution in [2.24, 2.45) is 0 Å². The molecule has 3 rings (SSSR count). The molecule has 0 saturated carbocycles. The first-order valence-electron chi connectivity index (χ1n) is 8.79. The Morgan fingerprint density at radius 1 is 1.00 bits per heavy atom. The highest BCUT2D eigenvalue weighted by Crippen LogP contribution is 2.24. The Labute approximate surface area is 163 Å². The first-order valence-corrected chi connectivity index (χ1v) is 10.2. The van der Waals surface area contributed by atoms with Crippen LogP contribution in [0.15, 0.2) is 53.7 Å². The number of unbranched alkanes of at least 4 members (excludes halogenated alkanes) is 1. The molecule has 0 amide bonds. The third-order valence-electron chi connectivity index (χ3n) is 4.15. The highest BCUT2D eigenvalue weighted by Gasteiger charge is 2.13. The SMILES string of the molecule is CCCCc1nnc(SCc2ccc(Cl)cc2)n1Cc1ccc(N)cc1. The van der Waals surface area contributed by atoms with Crippen LogP contribution in [0.4, 0.5) is 5.69 Å². The Morgan fingerprint density at radius 2 is 1.69 bits per heavy atom. The molecule has 3 aromatic rings. The number of rotatable bonds is 8. The Bertz CT molecular complexity index is 828. The maximum absolute atomic E-state index is 5.97. The molecule has 2 N–H and O–H groups in total. The summed E-state index contributed by atoms with van der Waals surface area (Å²) in [6.07, 6.45) is 3.20. The summed E-state index contributed by atoms with van der Waals surface area (Å²) in [5.74, 6) is 1.88. The molecular weight excluding hydrogens is 364 g/mol. The van der Waals surface area contributed by atoms with Crippen molar-refractivity contribution in [3.8, 4) is 0 Å². The Kier molecular flexibility index (Phi) is 6.58. The molecule has 1 aromatic heterocycles. The van der Waals surface area contributed by atoms with Gasteiger partial charge in [-0.2, -0.15) is 0 Å². The molecule has 0 atom stereocenters. The van der Waals surface area contributed by atoms with Crippen molar-refractivity contribution < 1.29 is 0 Å². The number of nitrogen functional groups attached to an aromatic ring is 1. The first kappa shape index (κ1) is 18.8. The molecule has 0 spiro atoms. The number of aromatic nitrogens is 3. The van der Waals surface area contributed by atoms with Gasteiger partial charge in [0.25, 0.3) is 0 Å². The van der Waals surface area contributed by atoms with Crippen molar-refractivity contribution in [3.63, 3.8) is 0 Å². The molecule has 2 aromatic carbocycles. The standard InChI is InChI=1S/C20H23ClN4S/c1-2-3-4-19-23-24-20(26-14-16-5-9-17(21)10-6-16)25(19)13-15-7-11-18(22)12-8-15/h5-12H,2-4,13-14,22H2,1H3. The molecule has 0 bridgehead atoms. The lowest BCUT2D eigenvalue weighted by molar-refractivity contribution is 0.642. The number of aryl methyl sites for hydroxylation is 1. The zero-order valence-corrected chi connectivity index (χ0v) is 16.4. The number of thioether (sulfide) groups is 1. The number of halogens is 1. The molecule has 6 heteroatoms. The van der Waals surface area contributed by atoms with E-state index < -0.39 is 0 Å². The molecule has 1 heterocycles. The zero-order chi connectivity index (χ0) is 18.4. The van der Waals surface area contributed by atoms with Gasteiger partial charge in [0, 0.05) is 22.9 Å². The monoisotopic (exact) mass is 386 g/mol. The smallest absolute Gasteiger partial charge is 0.191 e. The summed E-state index contributed by atoms with van der Waals surface area (Å²) < 4.78 is 2.22. The number of nitrogens with two attached hydrogens (primary N) is 1. The normalized spacial score (nSPS) is 11.0. The second kappa shape index (κ2) is 9.10. The van der Waals surface area contributed by atoms with Crippen molar-refractivity contribution >= 4 is 29.1 Å². The molecule has 0 aliphatic heterocycles. The van der Waals surface area contributed by atoms with E-state index in [-0.39, 0.29) is 0 Å². The Balaban J connectivity index is 1.78. The fourth-order valence-electron chi connectivity index (χ4n) is 2.64. The van der Waals surface area contributed by atoms with Crippen molar-refractivity contribution in [1.29, 1.82) is 0 Å². The average Bonchev–Trinajstić information content (AvgIpc) is 3.03. The third kappa shape index (κ3) is 5.02. The van der Waals surface area contributed by atoms with Gasteiger partial charge in [-0.25, -0.2) is 0 Å².